The van der Waals surface area contributed by atoms with Gasteiger partial charge in [-0.1, -0.05) is 6.58 Å². The van der Waals surface area contributed by atoms with E-state index in [1.807, 2.05) is 12.1 Å². The van der Waals surface area contributed by atoms with Crippen LogP contribution in [0, 0.1) is 5.92 Å². The van der Waals surface area contributed by atoms with Crippen LogP contribution in [-0.2, 0) is 11.8 Å². The van der Waals surface area contributed by atoms with E-state index in [1.54, 1.807) is 6.07 Å². The molecule has 24 heavy (non-hydrogen) atoms. The first-order valence-electron chi connectivity index (χ1n) is 9.16. The fraction of sp³-hybridized carbons (Fsp3) is 0.600. The minimum absolute atomic E-state index is 0.108. The standard InChI is InChI=1S/C20H25NO3/c1-3-9-21(2)10-8-20-13-4-5-16(23)19(20)24-17-7-6-15(22)12(18(17)20)11-14(13)21/h3,6-7,13-14,16,19,23H,1,4-5,8-11H2,2H3/p+1/t13?,14?,16-,19?,20-,21+/m0/s1. The first-order chi connectivity index (χ1) is 11.5. The maximum atomic E-state index is 10.7. The van der Waals surface area contributed by atoms with Crippen molar-refractivity contribution in [2.45, 2.75) is 49.3 Å². The molecule has 1 saturated heterocycles. The zero-order valence-corrected chi connectivity index (χ0v) is 14.2. The third-order valence-electron chi connectivity index (χ3n) is 7.52. The Balaban J connectivity index is 1.76. The van der Waals surface area contributed by atoms with Crippen molar-refractivity contribution in [3.8, 4) is 11.5 Å². The van der Waals surface area contributed by atoms with Crippen LogP contribution in [0.2, 0.25) is 0 Å². The van der Waals surface area contributed by atoms with Gasteiger partial charge in [0.05, 0.1) is 37.7 Å². The minimum Gasteiger partial charge on any atom is -0.508 e. The second-order valence-electron chi connectivity index (χ2n) is 8.46. The fourth-order valence-corrected chi connectivity index (χ4v) is 6.51. The van der Waals surface area contributed by atoms with E-state index in [2.05, 4.69) is 13.6 Å². The summed E-state index contributed by atoms with van der Waals surface area (Å²) < 4.78 is 7.27. The van der Waals surface area contributed by atoms with Gasteiger partial charge < -0.3 is 19.4 Å². The molecule has 0 aromatic heterocycles. The summed E-state index contributed by atoms with van der Waals surface area (Å²) in [5.74, 6) is 1.81. The maximum Gasteiger partial charge on any atom is 0.135 e. The van der Waals surface area contributed by atoms with Crippen LogP contribution in [0.5, 0.6) is 11.5 Å². The largest absolute Gasteiger partial charge is 0.508 e. The van der Waals surface area contributed by atoms with Gasteiger partial charge in [-0.2, -0.15) is 0 Å². The number of phenols is 1. The van der Waals surface area contributed by atoms with Gasteiger partial charge in [0.15, 0.2) is 0 Å². The molecule has 1 aromatic carbocycles. The van der Waals surface area contributed by atoms with Crippen molar-refractivity contribution in [1.29, 1.82) is 0 Å². The van der Waals surface area contributed by atoms with Crippen LogP contribution < -0.4 is 4.74 Å². The van der Waals surface area contributed by atoms with Gasteiger partial charge in [0.25, 0.3) is 0 Å². The van der Waals surface area contributed by atoms with Crippen molar-refractivity contribution < 1.29 is 19.4 Å². The Morgan fingerprint density at radius 3 is 3.04 bits per heavy atom. The lowest BCUT2D eigenvalue weighted by Crippen LogP contribution is -2.72. The van der Waals surface area contributed by atoms with E-state index in [4.69, 9.17) is 4.74 Å². The quantitative estimate of drug-likeness (QED) is 0.646. The molecule has 0 amide bonds. The Kier molecular flexibility index (Phi) is 2.81. The number of benzene rings is 1. The first-order valence-corrected chi connectivity index (χ1v) is 9.16. The molecule has 5 rings (SSSR count). The molecule has 1 spiro atoms. The molecule has 2 fully saturated rings. The number of hydrogen-bond acceptors (Lipinski definition) is 3. The van der Waals surface area contributed by atoms with Crippen LogP contribution in [0.1, 0.15) is 30.4 Å². The van der Waals surface area contributed by atoms with Crippen molar-refractivity contribution in [2.75, 3.05) is 20.1 Å². The average molecular weight is 328 g/mol. The molecule has 2 N–H and O–H groups in total. The lowest BCUT2D eigenvalue weighted by molar-refractivity contribution is -0.940. The fourth-order valence-electron chi connectivity index (χ4n) is 6.51. The lowest BCUT2D eigenvalue weighted by Gasteiger charge is -2.61. The topological polar surface area (TPSA) is 49.7 Å². The number of quaternary nitrogens is 1. The molecule has 0 radical (unpaired) electrons. The summed E-state index contributed by atoms with van der Waals surface area (Å²) in [7, 11) is 2.33. The maximum absolute atomic E-state index is 10.7. The highest BCUT2D eigenvalue weighted by molar-refractivity contribution is 5.59. The van der Waals surface area contributed by atoms with Crippen molar-refractivity contribution in [1.82, 2.24) is 0 Å². The molecule has 6 atom stereocenters. The van der Waals surface area contributed by atoms with Crippen LogP contribution >= 0.6 is 0 Å². The summed E-state index contributed by atoms with van der Waals surface area (Å²) in [6.45, 7) is 6.01. The van der Waals surface area contributed by atoms with Crippen LogP contribution in [-0.4, -0.2) is 53.1 Å². The SMILES string of the molecule is C=CC[N@+]1(C)CC[C@@]23c4c5ccc(O)c4CC1C2CC[C@H](O)C3O5. The van der Waals surface area contributed by atoms with Gasteiger partial charge in [0.1, 0.15) is 17.6 Å². The van der Waals surface area contributed by atoms with Crippen LogP contribution in [0.3, 0.4) is 0 Å². The number of aliphatic hydroxyl groups excluding tert-OH is 1. The highest BCUT2D eigenvalue weighted by atomic mass is 16.5. The molecule has 2 bridgehead atoms. The van der Waals surface area contributed by atoms with Crippen LogP contribution in [0.15, 0.2) is 24.8 Å². The monoisotopic (exact) mass is 328 g/mol. The predicted molar refractivity (Wildman–Crippen MR) is 91.2 cm³/mol. The minimum atomic E-state index is -0.404. The van der Waals surface area contributed by atoms with Gasteiger partial charge in [-0.25, -0.2) is 0 Å². The molecule has 3 unspecified atom stereocenters. The van der Waals surface area contributed by atoms with E-state index in [0.29, 0.717) is 17.7 Å². The summed E-state index contributed by atoms with van der Waals surface area (Å²) in [6, 6.07) is 4.13. The molecule has 4 nitrogen and oxygen atoms in total. The number of piperidine rings is 1. The zero-order chi connectivity index (χ0) is 16.7. The van der Waals surface area contributed by atoms with Gasteiger partial charge in [0.2, 0.25) is 0 Å². The highest BCUT2D eigenvalue weighted by Crippen LogP contribution is 2.64. The number of phenolic OH excluding ortho intramolecular Hbond substituents is 1. The van der Waals surface area contributed by atoms with E-state index in [9.17, 15) is 10.2 Å². The van der Waals surface area contributed by atoms with Crippen molar-refractivity contribution >= 4 is 0 Å². The molecule has 2 heterocycles. The second-order valence-corrected chi connectivity index (χ2v) is 8.46. The number of aromatic hydroxyl groups is 1. The number of ether oxygens (including phenoxy) is 1. The first kappa shape index (κ1) is 14.8. The Morgan fingerprint density at radius 1 is 1.42 bits per heavy atom. The predicted octanol–water partition coefficient (Wildman–Crippen LogP) is 2.12. The number of likely N-dealkylation sites (N-methyl/N-ethyl adjacent to an activating group) is 1. The van der Waals surface area contributed by atoms with Crippen molar-refractivity contribution in [2.24, 2.45) is 5.92 Å². The molecule has 4 heteroatoms. The number of nitrogens with zero attached hydrogens (tertiary/aromatic N) is 1. The average Bonchev–Trinajstić information content (AvgIpc) is 2.90. The van der Waals surface area contributed by atoms with Gasteiger partial charge in [0, 0.05) is 29.9 Å². The summed E-state index contributed by atoms with van der Waals surface area (Å²) in [5, 5.41) is 21.2. The summed E-state index contributed by atoms with van der Waals surface area (Å²) in [4.78, 5) is 0. The molecular weight excluding hydrogens is 302 g/mol. The van der Waals surface area contributed by atoms with E-state index < -0.39 is 6.10 Å². The summed E-state index contributed by atoms with van der Waals surface area (Å²) >= 11 is 0. The number of likely N-dealkylation sites (tertiary alicyclic amines) is 1. The second kappa shape index (κ2) is 4.55. The van der Waals surface area contributed by atoms with Crippen LogP contribution in [0.25, 0.3) is 0 Å². The van der Waals surface area contributed by atoms with Gasteiger partial charge in [-0.15, -0.1) is 0 Å². The normalized spacial score (nSPS) is 44.6. The van der Waals surface area contributed by atoms with E-state index in [-0.39, 0.29) is 11.5 Å². The molecular formula is C20H26NO3+. The molecule has 1 saturated carbocycles. The zero-order valence-electron chi connectivity index (χ0n) is 14.2. The van der Waals surface area contributed by atoms with Gasteiger partial charge in [-0.3, -0.25) is 0 Å². The van der Waals surface area contributed by atoms with Crippen molar-refractivity contribution in [3.63, 3.8) is 0 Å². The van der Waals surface area contributed by atoms with E-state index in [1.165, 1.54) is 5.56 Å². The van der Waals surface area contributed by atoms with Gasteiger partial charge >= 0.3 is 0 Å². The lowest BCUT2D eigenvalue weighted by atomic mass is 9.51. The Labute approximate surface area is 142 Å². The summed E-state index contributed by atoms with van der Waals surface area (Å²) in [6.07, 6.45) is 5.26. The number of hydrogen-bond donors (Lipinski definition) is 2. The number of rotatable bonds is 2. The highest BCUT2D eigenvalue weighted by Gasteiger charge is 2.68. The third-order valence-corrected chi connectivity index (χ3v) is 7.52. The van der Waals surface area contributed by atoms with Crippen LogP contribution in [0.4, 0.5) is 0 Å². The van der Waals surface area contributed by atoms with Gasteiger partial charge in [-0.05, 0) is 31.1 Å². The molecule has 2 aliphatic carbocycles. The van der Waals surface area contributed by atoms with E-state index in [0.717, 1.165) is 54.6 Å². The molecule has 128 valence electrons. The van der Waals surface area contributed by atoms with Crippen molar-refractivity contribution in [3.05, 3.63) is 35.9 Å². The molecule has 2 aliphatic heterocycles. The number of aliphatic hydroxyl groups is 1. The summed E-state index contributed by atoms with van der Waals surface area (Å²) in [5.41, 5.74) is 2.18. The molecule has 4 aliphatic rings. The Hall–Kier alpha value is -1.52. The molecule has 1 aromatic rings. The van der Waals surface area contributed by atoms with E-state index >= 15 is 0 Å². The smallest absolute Gasteiger partial charge is 0.135 e. The Bertz CT molecular complexity index is 732. The Morgan fingerprint density at radius 2 is 2.25 bits per heavy atom. The third kappa shape index (κ3) is 1.52.